The van der Waals surface area contributed by atoms with Crippen molar-refractivity contribution in [3.05, 3.63) is 43.7 Å². The summed E-state index contributed by atoms with van der Waals surface area (Å²) in [6, 6.07) is 4.04. The summed E-state index contributed by atoms with van der Waals surface area (Å²) in [5, 5.41) is 3.91. The summed E-state index contributed by atoms with van der Waals surface area (Å²) in [6.07, 6.45) is 0. The van der Waals surface area contributed by atoms with E-state index in [-0.39, 0.29) is 0 Å². The molecular weight excluding hydrogens is 362 g/mol. The van der Waals surface area contributed by atoms with E-state index < -0.39 is 0 Å². The Morgan fingerprint density at radius 3 is 2.28 bits per heavy atom. The quantitative estimate of drug-likeness (QED) is 0.780. The third-order valence-electron chi connectivity index (χ3n) is 2.68. The van der Waals surface area contributed by atoms with E-state index in [0.29, 0.717) is 6.61 Å². The van der Waals surface area contributed by atoms with Gasteiger partial charge in [-0.25, -0.2) is 0 Å². The van der Waals surface area contributed by atoms with E-state index in [2.05, 4.69) is 37.0 Å². The summed E-state index contributed by atoms with van der Waals surface area (Å²) in [5.74, 6) is 1.59. The largest absolute Gasteiger partial charge is 0.486 e. The number of aromatic nitrogens is 1. The number of benzene rings is 1. The molecule has 96 valence electrons. The van der Waals surface area contributed by atoms with Crippen LogP contribution in [-0.4, -0.2) is 5.16 Å². The number of aryl methyl sites for hydroxylation is 3. The molecule has 1 heterocycles. The van der Waals surface area contributed by atoms with Crippen molar-refractivity contribution < 1.29 is 9.26 Å². The molecule has 0 unspecified atom stereocenters. The Kier molecular flexibility index (Phi) is 4.12. The van der Waals surface area contributed by atoms with Crippen molar-refractivity contribution in [1.82, 2.24) is 5.16 Å². The van der Waals surface area contributed by atoms with Crippen LogP contribution in [0.5, 0.6) is 5.75 Å². The fourth-order valence-electron chi connectivity index (χ4n) is 1.68. The maximum absolute atomic E-state index is 5.83. The van der Waals surface area contributed by atoms with Crippen molar-refractivity contribution in [2.45, 2.75) is 27.4 Å². The van der Waals surface area contributed by atoms with E-state index >= 15 is 0 Å². The molecule has 0 N–H and O–H groups in total. The Morgan fingerprint density at radius 1 is 1.17 bits per heavy atom. The Labute approximate surface area is 123 Å². The average molecular weight is 375 g/mol. The molecule has 0 atom stereocenters. The molecule has 0 bridgehead atoms. The molecule has 0 aliphatic rings. The standard InChI is InChI=1S/C13H13Br2NO2/c1-7-4-11(14)13(12(15)5-7)17-6-10-8(2)16-18-9(10)3/h4-5H,6H2,1-3H3. The van der Waals surface area contributed by atoms with Crippen LogP contribution < -0.4 is 4.74 Å². The van der Waals surface area contributed by atoms with Crippen LogP contribution in [0.2, 0.25) is 0 Å². The van der Waals surface area contributed by atoms with Crippen LogP contribution in [0.25, 0.3) is 0 Å². The number of ether oxygens (including phenoxy) is 1. The summed E-state index contributed by atoms with van der Waals surface area (Å²) in [5.41, 5.74) is 3.03. The van der Waals surface area contributed by atoms with Crippen LogP contribution in [-0.2, 0) is 6.61 Å². The number of halogens is 2. The molecule has 18 heavy (non-hydrogen) atoms. The van der Waals surface area contributed by atoms with Crippen molar-refractivity contribution in [1.29, 1.82) is 0 Å². The molecule has 0 amide bonds. The third-order valence-corrected chi connectivity index (χ3v) is 3.86. The molecule has 2 rings (SSSR count). The Hall–Kier alpha value is -0.810. The molecular formula is C13H13Br2NO2. The highest BCUT2D eigenvalue weighted by Gasteiger charge is 2.12. The topological polar surface area (TPSA) is 35.3 Å². The van der Waals surface area contributed by atoms with Crippen molar-refractivity contribution >= 4 is 31.9 Å². The van der Waals surface area contributed by atoms with Crippen LogP contribution in [0.1, 0.15) is 22.6 Å². The van der Waals surface area contributed by atoms with Gasteiger partial charge in [0.05, 0.1) is 20.2 Å². The van der Waals surface area contributed by atoms with Gasteiger partial charge in [-0.05, 0) is 70.3 Å². The molecule has 0 aliphatic carbocycles. The molecule has 2 aromatic rings. The minimum Gasteiger partial charge on any atom is -0.486 e. The first-order valence-corrected chi connectivity index (χ1v) is 7.08. The van der Waals surface area contributed by atoms with Crippen LogP contribution >= 0.6 is 31.9 Å². The predicted octanol–water partition coefficient (Wildman–Crippen LogP) is 4.70. The van der Waals surface area contributed by atoms with Gasteiger partial charge < -0.3 is 9.26 Å². The summed E-state index contributed by atoms with van der Waals surface area (Å²) in [4.78, 5) is 0. The Bertz CT molecular complexity index is 536. The fourth-order valence-corrected chi connectivity index (χ4v) is 3.32. The van der Waals surface area contributed by atoms with Gasteiger partial charge >= 0.3 is 0 Å². The first-order chi connectivity index (χ1) is 8.49. The highest BCUT2D eigenvalue weighted by atomic mass is 79.9. The van der Waals surface area contributed by atoms with Crippen molar-refractivity contribution in [3.63, 3.8) is 0 Å². The highest BCUT2D eigenvalue weighted by molar-refractivity contribution is 9.11. The van der Waals surface area contributed by atoms with E-state index in [9.17, 15) is 0 Å². The molecule has 0 saturated heterocycles. The lowest BCUT2D eigenvalue weighted by molar-refractivity contribution is 0.298. The van der Waals surface area contributed by atoms with E-state index in [0.717, 1.165) is 31.7 Å². The summed E-state index contributed by atoms with van der Waals surface area (Å²) in [7, 11) is 0. The van der Waals surface area contributed by atoms with Crippen LogP contribution in [0.4, 0.5) is 0 Å². The zero-order chi connectivity index (χ0) is 13.3. The number of hydrogen-bond donors (Lipinski definition) is 0. The van der Waals surface area contributed by atoms with Crippen LogP contribution in [0, 0.1) is 20.8 Å². The average Bonchev–Trinajstić information content (AvgIpc) is 2.58. The predicted molar refractivity (Wildman–Crippen MR) is 76.9 cm³/mol. The van der Waals surface area contributed by atoms with Gasteiger partial charge in [-0.3, -0.25) is 0 Å². The van der Waals surface area contributed by atoms with Gasteiger partial charge in [0.1, 0.15) is 18.1 Å². The van der Waals surface area contributed by atoms with Gasteiger partial charge in [0, 0.05) is 0 Å². The first-order valence-electron chi connectivity index (χ1n) is 5.49. The summed E-state index contributed by atoms with van der Waals surface area (Å²) < 4.78 is 12.8. The molecule has 0 saturated carbocycles. The Balaban J connectivity index is 2.21. The monoisotopic (exact) mass is 373 g/mol. The SMILES string of the molecule is Cc1cc(Br)c(OCc2c(C)noc2C)c(Br)c1. The molecule has 1 aromatic carbocycles. The molecule has 1 aromatic heterocycles. The zero-order valence-corrected chi connectivity index (χ0v) is 13.6. The Morgan fingerprint density at radius 2 is 1.78 bits per heavy atom. The first kappa shape index (κ1) is 13.6. The third kappa shape index (κ3) is 2.78. The maximum atomic E-state index is 5.83. The molecule has 0 fully saturated rings. The minimum absolute atomic E-state index is 0.446. The van der Waals surface area contributed by atoms with E-state index in [4.69, 9.17) is 9.26 Å². The summed E-state index contributed by atoms with van der Waals surface area (Å²) in [6.45, 7) is 6.28. The second-order valence-corrected chi connectivity index (χ2v) is 5.86. The lowest BCUT2D eigenvalue weighted by atomic mass is 10.2. The van der Waals surface area contributed by atoms with E-state index in [1.54, 1.807) is 0 Å². The van der Waals surface area contributed by atoms with Crippen molar-refractivity contribution in [3.8, 4) is 5.75 Å². The van der Waals surface area contributed by atoms with Gasteiger partial charge in [-0.2, -0.15) is 0 Å². The zero-order valence-electron chi connectivity index (χ0n) is 10.4. The second kappa shape index (κ2) is 5.45. The van der Waals surface area contributed by atoms with Gasteiger partial charge in [0.25, 0.3) is 0 Å². The highest BCUT2D eigenvalue weighted by Crippen LogP contribution is 2.35. The van der Waals surface area contributed by atoms with Crippen LogP contribution in [0.15, 0.2) is 25.6 Å². The van der Waals surface area contributed by atoms with Crippen molar-refractivity contribution in [2.24, 2.45) is 0 Å². The molecule has 0 radical (unpaired) electrons. The minimum atomic E-state index is 0.446. The molecule has 3 nitrogen and oxygen atoms in total. The van der Waals surface area contributed by atoms with Crippen LogP contribution in [0.3, 0.4) is 0 Å². The smallest absolute Gasteiger partial charge is 0.148 e. The molecule has 0 aliphatic heterocycles. The van der Waals surface area contributed by atoms with Crippen molar-refractivity contribution in [2.75, 3.05) is 0 Å². The number of nitrogens with zero attached hydrogens (tertiary/aromatic N) is 1. The maximum Gasteiger partial charge on any atom is 0.148 e. The van der Waals surface area contributed by atoms with Gasteiger partial charge in [0.2, 0.25) is 0 Å². The lowest BCUT2D eigenvalue weighted by Crippen LogP contribution is -1.99. The van der Waals surface area contributed by atoms with Gasteiger partial charge in [-0.1, -0.05) is 5.16 Å². The van der Waals surface area contributed by atoms with Gasteiger partial charge in [0.15, 0.2) is 0 Å². The molecule has 5 heteroatoms. The number of rotatable bonds is 3. The van der Waals surface area contributed by atoms with E-state index in [1.807, 2.05) is 32.9 Å². The second-order valence-electron chi connectivity index (χ2n) is 4.15. The summed E-state index contributed by atoms with van der Waals surface area (Å²) >= 11 is 7.01. The molecule has 0 spiro atoms. The van der Waals surface area contributed by atoms with Gasteiger partial charge in [-0.15, -0.1) is 0 Å². The fraction of sp³-hybridized carbons (Fsp3) is 0.308. The normalized spacial score (nSPS) is 10.7. The van der Waals surface area contributed by atoms with E-state index in [1.165, 1.54) is 5.56 Å². The lowest BCUT2D eigenvalue weighted by Gasteiger charge is -2.11. The number of hydrogen-bond acceptors (Lipinski definition) is 3.